The molecule has 0 nitrogen and oxygen atoms in total. The molecule has 2 rings (SSSR count). The van der Waals surface area contributed by atoms with Gasteiger partial charge in [0.2, 0.25) is 0 Å². The molecule has 0 heterocycles. The average molecular weight is 166 g/mol. The number of hydrogen-bond donors (Lipinski definition) is 0. The molecule has 0 radical (unpaired) electrons. The Hall–Kier alpha value is 0. The predicted octanol–water partition coefficient (Wildman–Crippen LogP) is 3.86. The highest BCUT2D eigenvalue weighted by Gasteiger charge is 2.56. The molecular weight excluding hydrogens is 144 g/mol. The zero-order chi connectivity index (χ0) is 8.77. The molecule has 2 fully saturated rings. The fourth-order valence-electron chi connectivity index (χ4n) is 3.19. The molecule has 0 aromatic heterocycles. The summed E-state index contributed by atoms with van der Waals surface area (Å²) in [6.45, 7) is 7.22. The Morgan fingerprint density at radius 3 is 2.25 bits per heavy atom. The summed E-state index contributed by atoms with van der Waals surface area (Å²) in [5.41, 5.74) is 0.792. The highest BCUT2D eigenvalue weighted by atomic mass is 14.6. The molecular formula is C12H22. The van der Waals surface area contributed by atoms with Crippen LogP contribution in [-0.2, 0) is 0 Å². The van der Waals surface area contributed by atoms with E-state index in [1.165, 1.54) is 19.3 Å². The molecule has 0 amide bonds. The number of hydrogen-bond acceptors (Lipinski definition) is 0. The van der Waals surface area contributed by atoms with Gasteiger partial charge in [0.05, 0.1) is 0 Å². The van der Waals surface area contributed by atoms with Crippen LogP contribution in [-0.4, -0.2) is 0 Å². The largest absolute Gasteiger partial charge is 0.0651 e. The van der Waals surface area contributed by atoms with Gasteiger partial charge in [-0.05, 0) is 42.4 Å². The molecule has 2 aliphatic carbocycles. The quantitative estimate of drug-likeness (QED) is 0.597. The van der Waals surface area contributed by atoms with Gasteiger partial charge in [0.15, 0.2) is 0 Å². The third kappa shape index (κ3) is 1.11. The molecule has 0 saturated heterocycles. The molecule has 0 spiro atoms. The third-order valence-corrected chi connectivity index (χ3v) is 4.70. The van der Waals surface area contributed by atoms with Gasteiger partial charge >= 0.3 is 0 Å². The second-order valence-electron chi connectivity index (χ2n) is 5.26. The van der Waals surface area contributed by atoms with Crippen molar-refractivity contribution >= 4 is 0 Å². The lowest BCUT2D eigenvalue weighted by molar-refractivity contribution is 0.104. The molecule has 12 heavy (non-hydrogen) atoms. The van der Waals surface area contributed by atoms with Gasteiger partial charge in [0.1, 0.15) is 0 Å². The maximum atomic E-state index is 2.53. The van der Waals surface area contributed by atoms with Crippen LogP contribution in [0.5, 0.6) is 0 Å². The van der Waals surface area contributed by atoms with E-state index >= 15 is 0 Å². The first kappa shape index (κ1) is 8.59. The van der Waals surface area contributed by atoms with E-state index in [0.29, 0.717) is 0 Å². The van der Waals surface area contributed by atoms with E-state index in [0.717, 1.165) is 23.2 Å². The summed E-state index contributed by atoms with van der Waals surface area (Å²) in [5.74, 6) is 3.28. The Kier molecular flexibility index (Phi) is 1.97. The van der Waals surface area contributed by atoms with Crippen molar-refractivity contribution in [2.45, 2.75) is 52.9 Å². The van der Waals surface area contributed by atoms with E-state index in [2.05, 4.69) is 20.8 Å². The predicted molar refractivity (Wildman–Crippen MR) is 53.0 cm³/mol. The lowest BCUT2D eigenvalue weighted by Crippen LogP contribution is -2.30. The van der Waals surface area contributed by atoms with Crippen LogP contribution in [0.2, 0.25) is 0 Å². The van der Waals surface area contributed by atoms with Gasteiger partial charge in [-0.2, -0.15) is 0 Å². The van der Waals surface area contributed by atoms with Gasteiger partial charge in [-0.3, -0.25) is 0 Å². The van der Waals surface area contributed by atoms with E-state index in [1.807, 2.05) is 0 Å². The second-order valence-corrected chi connectivity index (χ2v) is 5.26. The third-order valence-electron chi connectivity index (χ3n) is 4.70. The van der Waals surface area contributed by atoms with Crippen LogP contribution in [0.4, 0.5) is 0 Å². The van der Waals surface area contributed by atoms with Crippen molar-refractivity contribution in [2.24, 2.45) is 23.2 Å². The Labute approximate surface area is 76.7 Å². The van der Waals surface area contributed by atoms with E-state index in [9.17, 15) is 0 Å². The minimum atomic E-state index is 0.792. The van der Waals surface area contributed by atoms with Crippen LogP contribution in [0.1, 0.15) is 52.9 Å². The van der Waals surface area contributed by atoms with Crippen LogP contribution in [0.25, 0.3) is 0 Å². The monoisotopic (exact) mass is 166 g/mol. The van der Waals surface area contributed by atoms with Gasteiger partial charge in [-0.25, -0.2) is 0 Å². The molecule has 0 bridgehead atoms. The van der Waals surface area contributed by atoms with E-state index in [4.69, 9.17) is 0 Å². The van der Waals surface area contributed by atoms with Crippen LogP contribution in [0, 0.1) is 23.2 Å². The van der Waals surface area contributed by atoms with Crippen molar-refractivity contribution in [2.75, 3.05) is 0 Å². The summed E-state index contributed by atoms with van der Waals surface area (Å²) in [6.07, 6.45) is 7.46. The molecule has 0 aromatic carbocycles. The first-order valence-corrected chi connectivity index (χ1v) is 5.70. The van der Waals surface area contributed by atoms with Gasteiger partial charge in [0, 0.05) is 0 Å². The molecule has 70 valence electrons. The van der Waals surface area contributed by atoms with Crippen molar-refractivity contribution < 1.29 is 0 Å². The van der Waals surface area contributed by atoms with Crippen LogP contribution < -0.4 is 0 Å². The molecule has 2 unspecified atom stereocenters. The average Bonchev–Trinajstić information content (AvgIpc) is 2.60. The molecule has 0 N–H and O–H groups in total. The van der Waals surface area contributed by atoms with Gasteiger partial charge < -0.3 is 0 Å². The maximum Gasteiger partial charge on any atom is -0.0266 e. The van der Waals surface area contributed by atoms with Crippen molar-refractivity contribution in [1.29, 1.82) is 0 Å². The summed E-state index contributed by atoms with van der Waals surface area (Å²) in [5, 5.41) is 0. The lowest BCUT2D eigenvalue weighted by Gasteiger charge is -2.40. The summed E-state index contributed by atoms with van der Waals surface area (Å²) in [7, 11) is 0. The Morgan fingerprint density at radius 2 is 1.83 bits per heavy atom. The fraction of sp³-hybridized carbons (Fsp3) is 1.00. The fourth-order valence-corrected chi connectivity index (χ4v) is 3.19. The van der Waals surface area contributed by atoms with Gasteiger partial charge in [-0.15, -0.1) is 0 Å². The normalized spacial score (nSPS) is 51.8. The van der Waals surface area contributed by atoms with Crippen LogP contribution in [0.3, 0.4) is 0 Å². The molecule has 0 aliphatic heterocycles. The number of rotatable bonds is 3. The molecule has 2 aliphatic rings. The lowest BCUT2D eigenvalue weighted by atomic mass is 9.65. The highest BCUT2D eigenvalue weighted by molar-refractivity contribution is 5.05. The van der Waals surface area contributed by atoms with E-state index in [-0.39, 0.29) is 0 Å². The topological polar surface area (TPSA) is 0 Å². The molecule has 2 saturated carbocycles. The summed E-state index contributed by atoms with van der Waals surface area (Å²) < 4.78 is 0. The van der Waals surface area contributed by atoms with Crippen LogP contribution in [0.15, 0.2) is 0 Å². The van der Waals surface area contributed by atoms with Crippen molar-refractivity contribution in [3.63, 3.8) is 0 Å². The molecule has 0 aromatic rings. The van der Waals surface area contributed by atoms with Crippen molar-refractivity contribution in [1.82, 2.24) is 0 Å². The minimum absolute atomic E-state index is 0.792. The zero-order valence-corrected chi connectivity index (χ0v) is 8.77. The van der Waals surface area contributed by atoms with Crippen molar-refractivity contribution in [3.8, 4) is 0 Å². The Bertz CT molecular complexity index is 167. The standard InChI is InChI=1S/C12H22/c1-4-9-6-11(7-9)12(3)8-10(12)5-2/h9-11H,4-8H2,1-3H3. The molecule has 0 heteroatoms. The zero-order valence-electron chi connectivity index (χ0n) is 8.77. The first-order valence-electron chi connectivity index (χ1n) is 5.70. The summed E-state index contributed by atoms with van der Waals surface area (Å²) in [4.78, 5) is 0. The Balaban J connectivity index is 1.82. The second kappa shape index (κ2) is 2.75. The summed E-state index contributed by atoms with van der Waals surface area (Å²) >= 11 is 0. The highest BCUT2D eigenvalue weighted by Crippen LogP contribution is 2.65. The van der Waals surface area contributed by atoms with Crippen molar-refractivity contribution in [3.05, 3.63) is 0 Å². The smallest absolute Gasteiger partial charge is 0.0266 e. The Morgan fingerprint density at radius 1 is 1.17 bits per heavy atom. The van der Waals surface area contributed by atoms with Gasteiger partial charge in [-0.1, -0.05) is 33.6 Å². The van der Waals surface area contributed by atoms with Gasteiger partial charge in [0.25, 0.3) is 0 Å². The summed E-state index contributed by atoms with van der Waals surface area (Å²) in [6, 6.07) is 0. The SMILES string of the molecule is CCC1CC(C2(C)CC2CC)C1. The van der Waals surface area contributed by atoms with Crippen LogP contribution >= 0.6 is 0 Å². The van der Waals surface area contributed by atoms with E-state index in [1.54, 1.807) is 12.8 Å². The van der Waals surface area contributed by atoms with E-state index < -0.39 is 0 Å². The maximum absolute atomic E-state index is 2.53. The molecule has 2 atom stereocenters. The minimum Gasteiger partial charge on any atom is -0.0651 e. The first-order chi connectivity index (χ1) is 5.70.